The van der Waals surface area contributed by atoms with E-state index in [1.807, 2.05) is 19.1 Å². The minimum atomic E-state index is -3.87. The highest BCUT2D eigenvalue weighted by Crippen LogP contribution is 2.28. The van der Waals surface area contributed by atoms with Gasteiger partial charge >= 0.3 is 5.97 Å². The first-order chi connectivity index (χ1) is 14.8. The molecule has 1 aliphatic rings. The summed E-state index contributed by atoms with van der Waals surface area (Å²) in [6.45, 7) is 1.95. The summed E-state index contributed by atoms with van der Waals surface area (Å²) < 4.78 is 35.6. The third kappa shape index (κ3) is 5.99. The average Bonchev–Trinajstić information content (AvgIpc) is 2.77. The van der Waals surface area contributed by atoms with Crippen molar-refractivity contribution in [2.75, 3.05) is 13.2 Å². The van der Waals surface area contributed by atoms with Gasteiger partial charge in [0.15, 0.2) is 0 Å². The zero-order valence-corrected chi connectivity index (χ0v) is 17.8. The van der Waals surface area contributed by atoms with E-state index in [0.717, 1.165) is 5.56 Å². The Hall–Kier alpha value is -3.04. The van der Waals surface area contributed by atoms with Gasteiger partial charge in [-0.3, -0.25) is 14.3 Å². The van der Waals surface area contributed by atoms with E-state index in [1.165, 1.54) is 36.4 Å². The predicted molar refractivity (Wildman–Crippen MR) is 113 cm³/mol. The standard InChI is InChI=1S/C22H23NO7S/c1-16-6-12-21(13-7-16)31(27,28)30-15-19-5-3-2-4-18(19)14-29-22(24)17-8-10-20(11-9-17)23(25)26/h2-3,6-13,18-19H,4-5,14-15H2,1H3/t18-,19-/m1/s1. The topological polar surface area (TPSA) is 113 Å². The number of nitrogens with zero attached hydrogens (tertiary/aromatic N) is 1. The van der Waals surface area contributed by atoms with Crippen LogP contribution in [0.1, 0.15) is 28.8 Å². The smallest absolute Gasteiger partial charge is 0.338 e. The summed E-state index contributed by atoms with van der Waals surface area (Å²) in [4.78, 5) is 22.5. The Kier molecular flexibility index (Phi) is 7.19. The van der Waals surface area contributed by atoms with E-state index in [2.05, 4.69) is 0 Å². The molecule has 0 N–H and O–H groups in total. The quantitative estimate of drug-likeness (QED) is 0.198. The molecule has 0 aliphatic heterocycles. The lowest BCUT2D eigenvalue weighted by Crippen LogP contribution is -2.28. The van der Waals surface area contributed by atoms with E-state index in [9.17, 15) is 23.3 Å². The Bertz CT molecular complexity index is 1060. The van der Waals surface area contributed by atoms with Crippen LogP contribution >= 0.6 is 0 Å². The molecule has 0 heterocycles. The third-order valence-electron chi connectivity index (χ3n) is 5.20. The fraction of sp³-hybridized carbons (Fsp3) is 0.318. The lowest BCUT2D eigenvalue weighted by Gasteiger charge is -2.27. The summed E-state index contributed by atoms with van der Waals surface area (Å²) in [5, 5.41) is 10.7. The van der Waals surface area contributed by atoms with E-state index in [0.29, 0.717) is 12.8 Å². The molecule has 0 fully saturated rings. The van der Waals surface area contributed by atoms with Gasteiger partial charge < -0.3 is 4.74 Å². The second-order valence-corrected chi connectivity index (χ2v) is 9.03. The number of non-ortho nitro benzene ring substituents is 1. The van der Waals surface area contributed by atoms with Crippen LogP contribution in [0.2, 0.25) is 0 Å². The summed E-state index contributed by atoms with van der Waals surface area (Å²) in [6.07, 6.45) is 5.17. The number of carbonyl (C=O) groups is 1. The van der Waals surface area contributed by atoms with E-state index in [1.54, 1.807) is 12.1 Å². The van der Waals surface area contributed by atoms with Gasteiger partial charge in [-0.2, -0.15) is 8.42 Å². The molecule has 1 aliphatic carbocycles. The summed E-state index contributed by atoms with van der Waals surface area (Å²) in [5.41, 5.74) is 1.05. The van der Waals surface area contributed by atoms with Crippen molar-refractivity contribution < 1.29 is 27.1 Å². The molecule has 3 rings (SSSR count). The van der Waals surface area contributed by atoms with Gasteiger partial charge in [-0.1, -0.05) is 29.8 Å². The third-order valence-corrected chi connectivity index (χ3v) is 6.50. The molecular weight excluding hydrogens is 422 g/mol. The van der Waals surface area contributed by atoms with Gasteiger partial charge in [-0.05, 0) is 49.9 Å². The first-order valence-electron chi connectivity index (χ1n) is 9.79. The Morgan fingerprint density at radius 3 is 2.16 bits per heavy atom. The van der Waals surface area contributed by atoms with Gasteiger partial charge in [0.2, 0.25) is 0 Å². The monoisotopic (exact) mass is 445 g/mol. The maximum Gasteiger partial charge on any atom is 0.338 e. The molecular formula is C22H23NO7S. The number of rotatable bonds is 8. The molecule has 31 heavy (non-hydrogen) atoms. The van der Waals surface area contributed by atoms with Gasteiger partial charge in [0, 0.05) is 18.1 Å². The lowest BCUT2D eigenvalue weighted by atomic mass is 9.84. The summed E-state index contributed by atoms with van der Waals surface area (Å²) in [5.74, 6) is -0.813. The van der Waals surface area contributed by atoms with Gasteiger partial charge in [0.1, 0.15) is 0 Å². The minimum Gasteiger partial charge on any atom is -0.462 e. The van der Waals surface area contributed by atoms with Crippen LogP contribution in [0, 0.1) is 28.9 Å². The zero-order chi connectivity index (χ0) is 22.4. The number of benzene rings is 2. The highest BCUT2D eigenvalue weighted by molar-refractivity contribution is 7.86. The Morgan fingerprint density at radius 1 is 1.00 bits per heavy atom. The van der Waals surface area contributed by atoms with Crippen LogP contribution < -0.4 is 0 Å². The number of allylic oxidation sites excluding steroid dienone is 2. The number of nitro groups is 1. The SMILES string of the molecule is Cc1ccc(S(=O)(=O)OC[C@H]2CC=CC[C@@H]2COC(=O)c2ccc([N+](=O)[O-])cc2)cc1. The van der Waals surface area contributed by atoms with Gasteiger partial charge in [-0.15, -0.1) is 0 Å². The highest BCUT2D eigenvalue weighted by Gasteiger charge is 2.27. The van der Waals surface area contributed by atoms with Crippen LogP contribution in [-0.2, 0) is 19.0 Å². The Labute approximate surface area is 180 Å². The molecule has 0 aromatic heterocycles. The first-order valence-corrected chi connectivity index (χ1v) is 11.2. The van der Waals surface area contributed by atoms with Crippen molar-refractivity contribution >= 4 is 21.8 Å². The van der Waals surface area contributed by atoms with Crippen LogP contribution in [0.5, 0.6) is 0 Å². The predicted octanol–water partition coefficient (Wildman–Crippen LogP) is 4.05. The van der Waals surface area contributed by atoms with E-state index in [-0.39, 0.29) is 41.2 Å². The van der Waals surface area contributed by atoms with Crippen molar-refractivity contribution in [2.45, 2.75) is 24.7 Å². The van der Waals surface area contributed by atoms with Crippen LogP contribution in [0.3, 0.4) is 0 Å². The van der Waals surface area contributed by atoms with Crippen molar-refractivity contribution in [3.8, 4) is 0 Å². The fourth-order valence-electron chi connectivity index (χ4n) is 3.27. The number of esters is 1. The molecule has 2 atom stereocenters. The van der Waals surface area contributed by atoms with Crippen LogP contribution in [0.4, 0.5) is 5.69 Å². The number of hydrogen-bond donors (Lipinski definition) is 0. The Morgan fingerprint density at radius 2 is 1.58 bits per heavy atom. The molecule has 8 nitrogen and oxygen atoms in total. The summed E-state index contributed by atoms with van der Waals surface area (Å²) in [6, 6.07) is 11.6. The van der Waals surface area contributed by atoms with Gasteiger partial charge in [0.25, 0.3) is 15.8 Å². The lowest BCUT2D eigenvalue weighted by molar-refractivity contribution is -0.384. The summed E-state index contributed by atoms with van der Waals surface area (Å²) >= 11 is 0. The molecule has 0 unspecified atom stereocenters. The molecule has 164 valence electrons. The molecule has 2 aromatic carbocycles. The summed E-state index contributed by atoms with van der Waals surface area (Å²) in [7, 11) is -3.87. The first kappa shape index (κ1) is 22.6. The van der Waals surface area contributed by atoms with Gasteiger partial charge in [0.05, 0.1) is 28.6 Å². The number of carbonyl (C=O) groups excluding carboxylic acids is 1. The van der Waals surface area contributed by atoms with E-state index < -0.39 is 21.0 Å². The van der Waals surface area contributed by atoms with E-state index >= 15 is 0 Å². The zero-order valence-electron chi connectivity index (χ0n) is 17.0. The van der Waals surface area contributed by atoms with Gasteiger partial charge in [-0.25, -0.2) is 4.79 Å². The largest absolute Gasteiger partial charge is 0.462 e. The maximum atomic E-state index is 12.4. The van der Waals surface area contributed by atoms with Crippen molar-refractivity contribution in [3.05, 3.63) is 81.9 Å². The maximum absolute atomic E-state index is 12.4. The molecule has 0 amide bonds. The molecule has 0 saturated heterocycles. The van der Waals surface area contributed by atoms with Crippen molar-refractivity contribution in [1.29, 1.82) is 0 Å². The fourth-order valence-corrected chi connectivity index (χ4v) is 4.23. The molecule has 0 bridgehead atoms. The molecule has 0 spiro atoms. The second-order valence-electron chi connectivity index (χ2n) is 7.42. The Balaban J connectivity index is 1.58. The van der Waals surface area contributed by atoms with Crippen LogP contribution in [0.25, 0.3) is 0 Å². The van der Waals surface area contributed by atoms with Crippen molar-refractivity contribution in [1.82, 2.24) is 0 Å². The second kappa shape index (κ2) is 9.84. The average molecular weight is 445 g/mol. The van der Waals surface area contributed by atoms with Crippen LogP contribution in [-0.4, -0.2) is 32.5 Å². The van der Waals surface area contributed by atoms with E-state index in [4.69, 9.17) is 8.92 Å². The molecule has 0 saturated carbocycles. The molecule has 0 radical (unpaired) electrons. The van der Waals surface area contributed by atoms with Crippen molar-refractivity contribution in [2.24, 2.45) is 11.8 Å². The molecule has 2 aromatic rings. The normalized spacial score (nSPS) is 18.5. The number of nitro benzene ring substituents is 1. The number of hydrogen-bond acceptors (Lipinski definition) is 7. The molecule has 9 heteroatoms. The minimum absolute atomic E-state index is 0.0136. The number of ether oxygens (including phenoxy) is 1. The van der Waals surface area contributed by atoms with Crippen LogP contribution in [0.15, 0.2) is 65.6 Å². The highest BCUT2D eigenvalue weighted by atomic mass is 32.2. The number of aryl methyl sites for hydroxylation is 1. The van der Waals surface area contributed by atoms with Crippen molar-refractivity contribution in [3.63, 3.8) is 0 Å².